The molecule has 0 rings (SSSR count). The van der Waals surface area contributed by atoms with E-state index in [2.05, 4.69) is 69.4 Å². The Balaban J connectivity index is 4.60. The SMILES string of the molecule is CC\C=C/C=C\C=C/C=C\C=C/CCCCCC(=O)OCC(COC(=O)CCCCCCCCC/C=C\C/C=C\CC)OC(=O)CCCCC\C=C/C=C\C=C/C=C\C=C/CC. The molecule has 6 heteroatoms. The number of carbonyl (C=O) groups excluding carboxylic acids is 3. The summed E-state index contributed by atoms with van der Waals surface area (Å²) in [6, 6.07) is 0. The minimum atomic E-state index is -0.827. The zero-order valence-electron chi connectivity index (χ0n) is 39.1. The number of hydrogen-bond acceptors (Lipinski definition) is 6. The zero-order chi connectivity index (χ0) is 45.1. The average molecular weight is 853 g/mol. The van der Waals surface area contributed by atoms with Gasteiger partial charge in [-0.3, -0.25) is 14.4 Å². The van der Waals surface area contributed by atoms with Crippen molar-refractivity contribution >= 4 is 17.9 Å². The van der Waals surface area contributed by atoms with Gasteiger partial charge in [0.1, 0.15) is 13.2 Å². The van der Waals surface area contributed by atoms with E-state index < -0.39 is 6.10 Å². The molecule has 0 aliphatic carbocycles. The maximum Gasteiger partial charge on any atom is 0.306 e. The summed E-state index contributed by atoms with van der Waals surface area (Å²) < 4.78 is 16.7. The van der Waals surface area contributed by atoms with Crippen LogP contribution < -0.4 is 0 Å². The molecule has 1 unspecified atom stereocenters. The lowest BCUT2D eigenvalue weighted by Gasteiger charge is -2.18. The molecule has 0 aromatic heterocycles. The summed E-state index contributed by atoms with van der Waals surface area (Å²) in [6.45, 7) is 6.13. The van der Waals surface area contributed by atoms with Gasteiger partial charge in [0.05, 0.1) is 0 Å². The molecule has 6 nitrogen and oxygen atoms in total. The van der Waals surface area contributed by atoms with Crippen molar-refractivity contribution < 1.29 is 28.6 Å². The number of rotatable bonds is 40. The van der Waals surface area contributed by atoms with Crippen molar-refractivity contribution in [2.45, 2.75) is 175 Å². The summed E-state index contributed by atoms with van der Waals surface area (Å²) in [6.07, 6.45) is 69.7. The van der Waals surface area contributed by atoms with Crippen LogP contribution in [0.5, 0.6) is 0 Å². The van der Waals surface area contributed by atoms with Crippen molar-refractivity contribution in [2.24, 2.45) is 0 Å². The van der Waals surface area contributed by atoms with E-state index in [1.54, 1.807) is 0 Å². The van der Waals surface area contributed by atoms with Gasteiger partial charge in [0.25, 0.3) is 0 Å². The van der Waals surface area contributed by atoms with Gasteiger partial charge in [0.2, 0.25) is 0 Å². The van der Waals surface area contributed by atoms with E-state index in [1.165, 1.54) is 25.7 Å². The Kier molecular flexibility index (Phi) is 45.2. The van der Waals surface area contributed by atoms with Crippen molar-refractivity contribution in [3.8, 4) is 0 Å². The Morgan fingerprint density at radius 1 is 0.339 bits per heavy atom. The Bertz CT molecular complexity index is 1440. The Morgan fingerprint density at radius 3 is 1.10 bits per heavy atom. The summed E-state index contributed by atoms with van der Waals surface area (Å²) in [4.78, 5) is 37.9. The molecule has 0 saturated carbocycles. The third kappa shape index (κ3) is 46.4. The smallest absolute Gasteiger partial charge is 0.306 e. The highest BCUT2D eigenvalue weighted by molar-refractivity contribution is 5.71. The zero-order valence-corrected chi connectivity index (χ0v) is 39.1. The van der Waals surface area contributed by atoms with Gasteiger partial charge in [0.15, 0.2) is 6.10 Å². The van der Waals surface area contributed by atoms with Crippen LogP contribution in [-0.4, -0.2) is 37.2 Å². The quantitative estimate of drug-likeness (QED) is 0.0201. The highest BCUT2D eigenvalue weighted by atomic mass is 16.6. The first-order chi connectivity index (χ1) is 30.5. The minimum absolute atomic E-state index is 0.121. The Hall–Kier alpha value is -4.71. The van der Waals surface area contributed by atoms with Crippen LogP contribution in [0.1, 0.15) is 168 Å². The fourth-order valence-electron chi connectivity index (χ4n) is 5.81. The van der Waals surface area contributed by atoms with Crippen molar-refractivity contribution in [3.05, 3.63) is 146 Å². The molecule has 0 aliphatic heterocycles. The summed E-state index contributed by atoms with van der Waals surface area (Å²) in [5, 5.41) is 0. The third-order valence-electron chi connectivity index (χ3n) is 9.33. The van der Waals surface area contributed by atoms with E-state index in [9.17, 15) is 14.4 Å². The number of allylic oxidation sites excluding steroid dienone is 24. The van der Waals surface area contributed by atoms with E-state index in [0.717, 1.165) is 96.3 Å². The van der Waals surface area contributed by atoms with Crippen LogP contribution in [0.2, 0.25) is 0 Å². The molecule has 1 atom stereocenters. The first-order valence-corrected chi connectivity index (χ1v) is 24.0. The molecular formula is C56H84O6. The van der Waals surface area contributed by atoms with E-state index in [-0.39, 0.29) is 37.5 Å². The lowest BCUT2D eigenvalue weighted by molar-refractivity contribution is -0.167. The summed E-state index contributed by atoms with van der Waals surface area (Å²) >= 11 is 0. The topological polar surface area (TPSA) is 78.9 Å². The monoisotopic (exact) mass is 853 g/mol. The molecule has 0 radical (unpaired) electrons. The second-order valence-electron chi connectivity index (χ2n) is 15.1. The number of carbonyl (C=O) groups is 3. The summed E-state index contributed by atoms with van der Waals surface area (Å²) in [7, 11) is 0. The molecule has 62 heavy (non-hydrogen) atoms. The van der Waals surface area contributed by atoms with Gasteiger partial charge in [-0.25, -0.2) is 0 Å². The molecule has 0 spiro atoms. The predicted octanol–water partition coefficient (Wildman–Crippen LogP) is 15.7. The first kappa shape index (κ1) is 57.3. The van der Waals surface area contributed by atoms with Crippen LogP contribution in [0.25, 0.3) is 0 Å². The van der Waals surface area contributed by atoms with Crippen LogP contribution >= 0.6 is 0 Å². The van der Waals surface area contributed by atoms with Crippen LogP contribution in [-0.2, 0) is 28.6 Å². The standard InChI is InChI=1S/C56H84O6/c1-4-7-10-13-16-19-22-25-28-31-34-37-40-43-46-49-55(58)61-52-53(51-60-54(57)48-45-42-39-36-33-30-27-24-21-18-15-12-9-6-3)62-56(59)50-47-44-41-38-35-32-29-26-23-20-17-14-11-8-5-2/h7-14,16-23,25-26,28-29,31-32,34-35,53H,4-6,15,24,27,30,33,36-52H2,1-3H3/b10-7-,11-8-,12-9-,16-13-,17-14-,21-18-,22-19-,23-20-,28-25-,29-26-,34-31-,35-32-. The van der Waals surface area contributed by atoms with E-state index >= 15 is 0 Å². The molecule has 0 bridgehead atoms. The van der Waals surface area contributed by atoms with Gasteiger partial charge < -0.3 is 14.2 Å². The maximum absolute atomic E-state index is 12.8. The summed E-state index contributed by atoms with van der Waals surface area (Å²) in [5.74, 6) is -1.03. The molecule has 0 heterocycles. The van der Waals surface area contributed by atoms with Crippen LogP contribution in [0.3, 0.4) is 0 Å². The predicted molar refractivity (Wildman–Crippen MR) is 265 cm³/mol. The van der Waals surface area contributed by atoms with E-state index in [4.69, 9.17) is 14.2 Å². The Morgan fingerprint density at radius 2 is 0.661 bits per heavy atom. The van der Waals surface area contributed by atoms with Gasteiger partial charge in [0, 0.05) is 19.3 Å². The lowest BCUT2D eigenvalue weighted by Crippen LogP contribution is -2.30. The van der Waals surface area contributed by atoms with Crippen LogP contribution in [0.4, 0.5) is 0 Å². The van der Waals surface area contributed by atoms with Crippen molar-refractivity contribution in [1.29, 1.82) is 0 Å². The van der Waals surface area contributed by atoms with E-state index in [1.807, 2.05) is 97.2 Å². The maximum atomic E-state index is 12.8. The fourth-order valence-corrected chi connectivity index (χ4v) is 5.81. The lowest BCUT2D eigenvalue weighted by atomic mass is 10.1. The molecular weight excluding hydrogens is 769 g/mol. The first-order valence-electron chi connectivity index (χ1n) is 24.0. The molecule has 0 aromatic carbocycles. The van der Waals surface area contributed by atoms with Gasteiger partial charge in [-0.1, -0.05) is 212 Å². The fraction of sp³-hybridized carbons (Fsp3) is 0.518. The largest absolute Gasteiger partial charge is 0.462 e. The number of hydrogen-bond donors (Lipinski definition) is 0. The normalized spacial score (nSPS) is 13.4. The number of esters is 3. The second-order valence-corrected chi connectivity index (χ2v) is 15.1. The number of ether oxygens (including phenoxy) is 3. The highest BCUT2D eigenvalue weighted by Gasteiger charge is 2.19. The van der Waals surface area contributed by atoms with Crippen LogP contribution in [0.15, 0.2) is 146 Å². The van der Waals surface area contributed by atoms with Gasteiger partial charge >= 0.3 is 17.9 Å². The van der Waals surface area contributed by atoms with Crippen molar-refractivity contribution in [1.82, 2.24) is 0 Å². The third-order valence-corrected chi connectivity index (χ3v) is 9.33. The molecule has 0 amide bonds. The van der Waals surface area contributed by atoms with Crippen molar-refractivity contribution in [2.75, 3.05) is 13.2 Å². The van der Waals surface area contributed by atoms with Gasteiger partial charge in [-0.15, -0.1) is 0 Å². The molecule has 0 saturated heterocycles. The molecule has 0 aromatic rings. The van der Waals surface area contributed by atoms with E-state index in [0.29, 0.717) is 19.3 Å². The van der Waals surface area contributed by atoms with Crippen LogP contribution in [0, 0.1) is 0 Å². The molecule has 0 aliphatic rings. The summed E-state index contributed by atoms with van der Waals surface area (Å²) in [5.41, 5.74) is 0. The second kappa shape index (κ2) is 49.0. The molecule has 0 fully saturated rings. The molecule has 0 N–H and O–H groups in total. The van der Waals surface area contributed by atoms with Crippen molar-refractivity contribution in [3.63, 3.8) is 0 Å². The van der Waals surface area contributed by atoms with Gasteiger partial charge in [-0.2, -0.15) is 0 Å². The molecule has 344 valence electrons. The van der Waals surface area contributed by atoms with Gasteiger partial charge in [-0.05, 0) is 83.5 Å². The average Bonchev–Trinajstić information content (AvgIpc) is 3.27. The Labute approximate surface area is 378 Å². The highest BCUT2D eigenvalue weighted by Crippen LogP contribution is 2.12. The number of unbranched alkanes of at least 4 members (excludes halogenated alkanes) is 13. The minimum Gasteiger partial charge on any atom is -0.462 e.